The molecular weight excluding hydrogens is 404 g/mol. The van der Waals surface area contributed by atoms with Gasteiger partial charge >= 0.3 is 0 Å². The van der Waals surface area contributed by atoms with E-state index in [4.69, 9.17) is 4.42 Å². The van der Waals surface area contributed by atoms with Crippen LogP contribution in [0, 0.1) is 13.8 Å². The second-order valence-electron chi connectivity index (χ2n) is 7.28. The van der Waals surface area contributed by atoms with Gasteiger partial charge in [-0.2, -0.15) is 0 Å². The van der Waals surface area contributed by atoms with Gasteiger partial charge in [-0.15, -0.1) is 0 Å². The van der Waals surface area contributed by atoms with Gasteiger partial charge in [-0.3, -0.25) is 20.4 Å². The van der Waals surface area contributed by atoms with Crippen LogP contribution in [0.4, 0.5) is 5.95 Å². The number of nitrogens with zero attached hydrogens (tertiary/aromatic N) is 3. The lowest BCUT2D eigenvalue weighted by molar-refractivity contribution is -0.115. The highest BCUT2D eigenvalue weighted by molar-refractivity contribution is 6.08. The van der Waals surface area contributed by atoms with Crippen LogP contribution in [0.15, 0.2) is 70.4 Å². The SMILES string of the molecule is Cc1cc(C)nc(NC(=NCCc2c[nH]c3ccccc23)NC(=O)/C=C/c2ccco2)n1. The molecule has 3 N–H and O–H groups in total. The van der Waals surface area contributed by atoms with Crippen molar-refractivity contribution in [3.05, 3.63) is 83.7 Å². The van der Waals surface area contributed by atoms with E-state index in [0.717, 1.165) is 22.5 Å². The molecule has 1 amide bonds. The monoisotopic (exact) mass is 428 g/mol. The quantitative estimate of drug-likeness (QED) is 0.244. The number of amides is 1. The van der Waals surface area contributed by atoms with E-state index in [1.54, 1.807) is 24.5 Å². The summed E-state index contributed by atoms with van der Waals surface area (Å²) < 4.78 is 5.22. The first-order chi connectivity index (χ1) is 15.6. The third-order valence-corrected chi connectivity index (χ3v) is 4.72. The third-order valence-electron chi connectivity index (χ3n) is 4.72. The summed E-state index contributed by atoms with van der Waals surface area (Å²) in [5.41, 5.74) is 3.89. The number of fused-ring (bicyclic) bond motifs is 1. The van der Waals surface area contributed by atoms with E-state index in [1.807, 2.05) is 44.3 Å². The summed E-state index contributed by atoms with van der Waals surface area (Å²) >= 11 is 0. The van der Waals surface area contributed by atoms with E-state index in [-0.39, 0.29) is 11.9 Å². The fourth-order valence-electron chi connectivity index (χ4n) is 3.33. The minimum Gasteiger partial charge on any atom is -0.465 e. The number of anilines is 1. The van der Waals surface area contributed by atoms with Gasteiger partial charge in [0.05, 0.1) is 6.26 Å². The van der Waals surface area contributed by atoms with Crippen molar-refractivity contribution in [2.75, 3.05) is 11.9 Å². The number of furan rings is 1. The average molecular weight is 428 g/mol. The van der Waals surface area contributed by atoms with Crippen molar-refractivity contribution >= 4 is 34.8 Å². The predicted molar refractivity (Wildman–Crippen MR) is 125 cm³/mol. The Labute approximate surface area is 185 Å². The number of aromatic amines is 1. The van der Waals surface area contributed by atoms with Crippen molar-refractivity contribution in [2.24, 2.45) is 4.99 Å². The van der Waals surface area contributed by atoms with E-state index >= 15 is 0 Å². The molecule has 0 saturated carbocycles. The first-order valence-electron chi connectivity index (χ1n) is 10.3. The lowest BCUT2D eigenvalue weighted by Crippen LogP contribution is -2.35. The summed E-state index contributed by atoms with van der Waals surface area (Å²) in [6.07, 6.45) is 7.23. The van der Waals surface area contributed by atoms with Crippen LogP contribution >= 0.6 is 0 Å². The maximum absolute atomic E-state index is 12.4. The molecule has 0 aliphatic rings. The normalized spacial score (nSPS) is 11.9. The molecule has 3 heterocycles. The summed E-state index contributed by atoms with van der Waals surface area (Å²) in [6.45, 7) is 4.24. The molecule has 3 aromatic heterocycles. The van der Waals surface area contributed by atoms with Crippen LogP contribution in [0.1, 0.15) is 22.7 Å². The number of H-pyrrole nitrogens is 1. The van der Waals surface area contributed by atoms with Crippen molar-refractivity contribution < 1.29 is 9.21 Å². The predicted octanol–water partition coefficient (Wildman–Crippen LogP) is 4.01. The van der Waals surface area contributed by atoms with Gasteiger partial charge in [0.25, 0.3) is 5.91 Å². The minimum absolute atomic E-state index is 0.281. The zero-order valence-electron chi connectivity index (χ0n) is 17.9. The van der Waals surface area contributed by atoms with Crippen molar-refractivity contribution in [3.63, 3.8) is 0 Å². The summed E-state index contributed by atoms with van der Waals surface area (Å²) in [5, 5.41) is 6.97. The molecule has 0 spiro atoms. The Bertz CT molecular complexity index is 1250. The van der Waals surface area contributed by atoms with Crippen LogP contribution in [-0.4, -0.2) is 33.4 Å². The number of guanidine groups is 1. The van der Waals surface area contributed by atoms with Crippen LogP contribution in [0.25, 0.3) is 17.0 Å². The number of para-hydroxylation sites is 1. The highest BCUT2D eigenvalue weighted by atomic mass is 16.3. The summed E-state index contributed by atoms with van der Waals surface area (Å²) in [7, 11) is 0. The highest BCUT2D eigenvalue weighted by Gasteiger charge is 2.08. The topological polar surface area (TPSA) is 108 Å². The van der Waals surface area contributed by atoms with Crippen molar-refractivity contribution in [3.8, 4) is 0 Å². The average Bonchev–Trinajstić information content (AvgIpc) is 3.42. The van der Waals surface area contributed by atoms with Crippen LogP contribution in [0.2, 0.25) is 0 Å². The number of hydrogen-bond donors (Lipinski definition) is 3. The standard InChI is InChI=1S/C24H24N6O2/c1-16-14-17(2)28-24(27-16)30-23(29-22(31)10-9-19-6-5-13-32-19)25-12-11-18-15-26-21-8-4-3-7-20(18)21/h3-10,13-15,26H,11-12H2,1-2H3,(H2,25,27,28,29,30,31)/b10-9+. The fraction of sp³-hybridized carbons (Fsp3) is 0.167. The Balaban J connectivity index is 1.49. The zero-order valence-corrected chi connectivity index (χ0v) is 17.9. The lowest BCUT2D eigenvalue weighted by Gasteiger charge is -2.10. The molecule has 162 valence electrons. The smallest absolute Gasteiger partial charge is 0.250 e. The Kier molecular flexibility index (Phi) is 6.41. The lowest BCUT2D eigenvalue weighted by atomic mass is 10.1. The molecule has 8 nitrogen and oxygen atoms in total. The second-order valence-corrected chi connectivity index (χ2v) is 7.28. The van der Waals surface area contributed by atoms with Gasteiger partial charge in [0.2, 0.25) is 11.9 Å². The molecule has 0 aliphatic heterocycles. The Hall–Kier alpha value is -4.20. The number of benzene rings is 1. The van der Waals surface area contributed by atoms with E-state index in [1.165, 1.54) is 11.5 Å². The molecule has 0 saturated heterocycles. The van der Waals surface area contributed by atoms with Crippen LogP contribution < -0.4 is 10.6 Å². The van der Waals surface area contributed by atoms with Gasteiger partial charge in [0, 0.05) is 41.1 Å². The molecule has 32 heavy (non-hydrogen) atoms. The van der Waals surface area contributed by atoms with Crippen molar-refractivity contribution in [1.29, 1.82) is 0 Å². The maximum Gasteiger partial charge on any atom is 0.250 e. The Morgan fingerprint density at radius 1 is 1.16 bits per heavy atom. The maximum atomic E-state index is 12.4. The number of carbonyl (C=O) groups excluding carboxylic acids is 1. The first-order valence-corrected chi connectivity index (χ1v) is 10.3. The molecule has 0 aliphatic carbocycles. The van der Waals surface area contributed by atoms with Gasteiger partial charge in [-0.1, -0.05) is 18.2 Å². The van der Waals surface area contributed by atoms with Crippen LogP contribution in [-0.2, 0) is 11.2 Å². The summed E-state index contributed by atoms with van der Waals surface area (Å²) in [5.74, 6) is 0.903. The number of carbonyl (C=O) groups is 1. The second kappa shape index (κ2) is 9.74. The van der Waals surface area contributed by atoms with Gasteiger partial charge in [0.15, 0.2) is 0 Å². The molecule has 0 fully saturated rings. The number of nitrogens with one attached hydrogen (secondary N) is 3. The fourth-order valence-corrected chi connectivity index (χ4v) is 3.33. The number of rotatable bonds is 6. The highest BCUT2D eigenvalue weighted by Crippen LogP contribution is 2.18. The number of aliphatic imine (C=N–C) groups is 1. The van der Waals surface area contributed by atoms with Gasteiger partial charge in [-0.25, -0.2) is 9.97 Å². The Morgan fingerprint density at radius 3 is 2.75 bits per heavy atom. The molecule has 1 aromatic carbocycles. The van der Waals surface area contributed by atoms with Crippen LogP contribution in [0.5, 0.6) is 0 Å². The van der Waals surface area contributed by atoms with E-state index < -0.39 is 0 Å². The molecule has 0 unspecified atom stereocenters. The Morgan fingerprint density at radius 2 is 1.97 bits per heavy atom. The number of aromatic nitrogens is 3. The van der Waals surface area contributed by atoms with E-state index in [2.05, 4.69) is 36.6 Å². The molecule has 4 rings (SSSR count). The van der Waals surface area contributed by atoms with E-state index in [0.29, 0.717) is 24.7 Å². The van der Waals surface area contributed by atoms with Crippen molar-refractivity contribution in [2.45, 2.75) is 20.3 Å². The summed E-state index contributed by atoms with van der Waals surface area (Å²) in [6, 6.07) is 13.5. The first kappa shape index (κ1) is 21.0. The zero-order chi connectivity index (χ0) is 22.3. The van der Waals surface area contributed by atoms with Gasteiger partial charge < -0.3 is 9.40 Å². The molecular formula is C24H24N6O2. The largest absolute Gasteiger partial charge is 0.465 e. The summed E-state index contributed by atoms with van der Waals surface area (Å²) in [4.78, 5) is 29.0. The number of aryl methyl sites for hydroxylation is 2. The molecule has 0 bridgehead atoms. The third kappa shape index (κ3) is 5.48. The molecule has 0 atom stereocenters. The van der Waals surface area contributed by atoms with Crippen LogP contribution in [0.3, 0.4) is 0 Å². The molecule has 8 heteroatoms. The van der Waals surface area contributed by atoms with Crippen molar-refractivity contribution in [1.82, 2.24) is 20.3 Å². The molecule has 0 radical (unpaired) electrons. The number of hydrogen-bond acceptors (Lipinski definition) is 5. The van der Waals surface area contributed by atoms with Gasteiger partial charge in [0.1, 0.15) is 5.76 Å². The van der Waals surface area contributed by atoms with E-state index in [9.17, 15) is 4.79 Å². The molecule has 4 aromatic rings. The van der Waals surface area contributed by atoms with Gasteiger partial charge in [-0.05, 0) is 56.2 Å². The minimum atomic E-state index is -0.343.